The second-order valence-corrected chi connectivity index (χ2v) is 3.26. The van der Waals surface area contributed by atoms with Gasteiger partial charge in [0.05, 0.1) is 0 Å². The third-order valence-corrected chi connectivity index (χ3v) is 0.354. The summed E-state index contributed by atoms with van der Waals surface area (Å²) < 4.78 is 0. The van der Waals surface area contributed by atoms with Gasteiger partial charge in [-0.1, -0.05) is 13.3 Å². The molecule has 0 N–H and O–H groups in total. The molecule has 0 aliphatic heterocycles. The molecule has 0 heterocycles. The van der Waals surface area contributed by atoms with E-state index in [1.54, 1.807) is 0 Å². The van der Waals surface area contributed by atoms with Gasteiger partial charge in [-0.25, -0.2) is 0 Å². The Labute approximate surface area is 61.7 Å². The number of hydrogen-bond acceptors (Lipinski definition) is 0. The van der Waals surface area contributed by atoms with E-state index in [4.69, 9.17) is 19.1 Å². The summed E-state index contributed by atoms with van der Waals surface area (Å²) in [6.07, 6.45) is 2.28. The summed E-state index contributed by atoms with van der Waals surface area (Å²) in [5.74, 6) is 0. The van der Waals surface area contributed by atoms with Crippen LogP contribution in [0.25, 0.3) is 0 Å². The molecule has 0 saturated heterocycles. The Balaban J connectivity index is 0. The molecule has 0 spiro atoms. The van der Waals surface area contributed by atoms with Crippen molar-refractivity contribution >= 4 is 19.1 Å². The van der Waals surface area contributed by atoms with Crippen LogP contribution < -0.4 is 0 Å². The van der Waals surface area contributed by atoms with Gasteiger partial charge >= 0.3 is 35.0 Å². The van der Waals surface area contributed by atoms with Gasteiger partial charge in [0, 0.05) is 0 Å². The summed E-state index contributed by atoms with van der Waals surface area (Å²) in [4.78, 5) is 0. The van der Waals surface area contributed by atoms with Crippen LogP contribution >= 0.6 is 19.1 Å². The standard InChI is InChI=1S/C4H9.2ClH.Pd/c1-3-4-2;;;/h1,3-4H2,2H3;2*1H;/q-1;;;+2/p-2. The van der Waals surface area contributed by atoms with Crippen LogP contribution in [0.15, 0.2) is 0 Å². The third-order valence-electron chi connectivity index (χ3n) is 0.354. The van der Waals surface area contributed by atoms with Crippen molar-refractivity contribution < 1.29 is 15.9 Å². The molecule has 0 radical (unpaired) electrons. The molecule has 0 aromatic rings. The van der Waals surface area contributed by atoms with Crippen LogP contribution in [0.4, 0.5) is 0 Å². The van der Waals surface area contributed by atoms with Gasteiger partial charge in [-0.05, 0) is 0 Å². The van der Waals surface area contributed by atoms with Crippen LogP contribution in [0.3, 0.4) is 0 Å². The molecule has 0 rings (SSSR count). The van der Waals surface area contributed by atoms with E-state index in [1.165, 1.54) is 6.42 Å². The molecule has 0 saturated carbocycles. The minimum atomic E-state index is -0.106. The number of hydrogen-bond donors (Lipinski definition) is 0. The maximum atomic E-state index is 4.81. The average Bonchev–Trinajstić information content (AvgIpc) is 1.69. The molecule has 0 unspecified atom stereocenters. The second kappa shape index (κ2) is 15.7. The Bertz CT molecular complexity index is 17.2. The molecule has 0 fully saturated rings. The Morgan fingerprint density at radius 1 is 1.57 bits per heavy atom. The van der Waals surface area contributed by atoms with Crippen LogP contribution in [0.2, 0.25) is 0 Å². The van der Waals surface area contributed by atoms with E-state index in [0.717, 1.165) is 6.42 Å². The SMILES string of the molecule is [CH2-]CCC.[Cl][Pd][Cl]. The van der Waals surface area contributed by atoms with Crippen LogP contribution in [-0.4, -0.2) is 0 Å². The molecule has 0 amide bonds. The van der Waals surface area contributed by atoms with Gasteiger partial charge < -0.3 is 6.92 Å². The summed E-state index contributed by atoms with van der Waals surface area (Å²) in [6, 6.07) is 0. The Morgan fingerprint density at radius 2 is 1.71 bits per heavy atom. The molecule has 3 heteroatoms. The number of rotatable bonds is 1. The summed E-state index contributed by atoms with van der Waals surface area (Å²) in [6.45, 7) is 5.72. The van der Waals surface area contributed by atoms with E-state index in [2.05, 4.69) is 13.8 Å². The molecule has 0 bridgehead atoms. The summed E-state index contributed by atoms with van der Waals surface area (Å²) in [7, 11) is 9.63. The summed E-state index contributed by atoms with van der Waals surface area (Å²) >= 11 is -0.106. The fourth-order valence-electron chi connectivity index (χ4n) is 0. The number of halogens is 2. The minimum absolute atomic E-state index is 0.106. The first-order chi connectivity index (χ1) is 3.33. The van der Waals surface area contributed by atoms with Gasteiger partial charge in [-0.2, -0.15) is 6.42 Å². The van der Waals surface area contributed by atoms with Crippen LogP contribution in [0.5, 0.6) is 0 Å². The molecule has 0 aromatic carbocycles. The monoisotopic (exact) mass is 233 g/mol. The second-order valence-electron chi connectivity index (χ2n) is 0.899. The molecular weight excluding hydrogens is 225 g/mol. The Morgan fingerprint density at radius 3 is 1.71 bits per heavy atom. The van der Waals surface area contributed by atoms with Crippen LogP contribution in [-0.2, 0) is 15.9 Å². The van der Waals surface area contributed by atoms with Crippen LogP contribution in [0, 0.1) is 6.92 Å². The molecule has 0 aliphatic carbocycles. The normalized spacial score (nSPS) is 7.43. The fourth-order valence-corrected chi connectivity index (χ4v) is 0. The van der Waals surface area contributed by atoms with E-state index in [1.807, 2.05) is 0 Å². The fraction of sp³-hybridized carbons (Fsp3) is 0.750. The van der Waals surface area contributed by atoms with Gasteiger partial charge in [-0.3, -0.25) is 0 Å². The average molecular weight is 234 g/mol. The van der Waals surface area contributed by atoms with Crippen molar-refractivity contribution in [2.24, 2.45) is 0 Å². The predicted molar refractivity (Wildman–Crippen MR) is 32.0 cm³/mol. The van der Waals surface area contributed by atoms with Crippen molar-refractivity contribution in [1.82, 2.24) is 0 Å². The predicted octanol–water partition coefficient (Wildman–Crippen LogP) is 3.00. The van der Waals surface area contributed by atoms with Gasteiger partial charge in [0.15, 0.2) is 0 Å². The van der Waals surface area contributed by atoms with E-state index in [0.29, 0.717) is 0 Å². The quantitative estimate of drug-likeness (QED) is 0.483. The van der Waals surface area contributed by atoms with Crippen molar-refractivity contribution in [3.8, 4) is 0 Å². The van der Waals surface area contributed by atoms with Gasteiger partial charge in [0.1, 0.15) is 0 Å². The third kappa shape index (κ3) is 39.6. The summed E-state index contributed by atoms with van der Waals surface area (Å²) in [5.41, 5.74) is 0. The van der Waals surface area contributed by atoms with E-state index in [9.17, 15) is 0 Å². The van der Waals surface area contributed by atoms with Crippen LogP contribution in [0.1, 0.15) is 19.8 Å². The van der Waals surface area contributed by atoms with E-state index >= 15 is 0 Å². The van der Waals surface area contributed by atoms with Crippen molar-refractivity contribution in [2.75, 3.05) is 0 Å². The number of unbranched alkanes of at least 4 members (excludes halogenated alkanes) is 1. The molecule has 0 nitrogen and oxygen atoms in total. The van der Waals surface area contributed by atoms with Crippen molar-refractivity contribution in [2.45, 2.75) is 19.8 Å². The molecule has 0 atom stereocenters. The zero-order valence-electron chi connectivity index (χ0n) is 4.19. The van der Waals surface area contributed by atoms with Crippen molar-refractivity contribution in [1.29, 1.82) is 0 Å². The van der Waals surface area contributed by atoms with Crippen molar-refractivity contribution in [3.05, 3.63) is 6.92 Å². The van der Waals surface area contributed by atoms with Gasteiger partial charge in [-0.15, -0.1) is 0 Å². The zero-order valence-corrected chi connectivity index (χ0v) is 7.26. The molecular formula is C4H9Cl2Pd-. The first-order valence-electron chi connectivity index (χ1n) is 1.95. The van der Waals surface area contributed by atoms with Crippen molar-refractivity contribution in [3.63, 3.8) is 0 Å². The topological polar surface area (TPSA) is 0 Å². The molecule has 0 aliphatic rings. The molecule has 7 heavy (non-hydrogen) atoms. The molecule has 50 valence electrons. The maximum absolute atomic E-state index is 4.81. The Kier molecular flexibility index (Phi) is 24.9. The summed E-state index contributed by atoms with van der Waals surface area (Å²) in [5, 5.41) is 0. The molecule has 0 aromatic heterocycles. The van der Waals surface area contributed by atoms with E-state index < -0.39 is 0 Å². The first-order valence-corrected chi connectivity index (χ1v) is 5.95. The first kappa shape index (κ1) is 11.1. The zero-order chi connectivity index (χ0) is 6.12. The van der Waals surface area contributed by atoms with Gasteiger partial charge in [0.25, 0.3) is 0 Å². The van der Waals surface area contributed by atoms with Gasteiger partial charge in [0.2, 0.25) is 0 Å². The Hall–Kier alpha value is 1.24. The van der Waals surface area contributed by atoms with E-state index in [-0.39, 0.29) is 15.9 Å².